The number of hydrogen-bond acceptors (Lipinski definition) is 6. The number of ether oxygens (including phenoxy) is 2. The summed E-state index contributed by atoms with van der Waals surface area (Å²) in [5.74, 6) is -3.64. The van der Waals surface area contributed by atoms with E-state index in [2.05, 4.69) is 9.88 Å². The third-order valence-electron chi connectivity index (χ3n) is 5.79. The molecule has 0 radical (unpaired) electrons. The Hall–Kier alpha value is -1.20. The molecule has 1 spiro atoms. The van der Waals surface area contributed by atoms with Gasteiger partial charge >= 0.3 is 0 Å². The highest BCUT2D eigenvalue weighted by Gasteiger charge is 2.47. The average Bonchev–Trinajstić information content (AvgIpc) is 2.69. The highest BCUT2D eigenvalue weighted by atomic mass is 32.2. The topological polar surface area (TPSA) is 72.0 Å². The van der Waals surface area contributed by atoms with Crippen molar-refractivity contribution >= 4 is 10.0 Å². The second-order valence-electron chi connectivity index (χ2n) is 7.69. The van der Waals surface area contributed by atoms with Crippen LogP contribution in [-0.2, 0) is 19.5 Å². The minimum absolute atomic E-state index is 0.0503. The molecule has 2 aliphatic heterocycles. The summed E-state index contributed by atoms with van der Waals surface area (Å²) in [6, 6.07) is 3.15. The fourth-order valence-electron chi connectivity index (χ4n) is 4.25. The van der Waals surface area contributed by atoms with Crippen LogP contribution in [0.5, 0.6) is 0 Å². The predicted octanol–water partition coefficient (Wildman–Crippen LogP) is 1.71. The Morgan fingerprint density at radius 2 is 1.82 bits per heavy atom. The van der Waals surface area contributed by atoms with Gasteiger partial charge in [-0.3, -0.25) is 9.88 Å². The minimum Gasteiger partial charge on any atom is -0.346 e. The van der Waals surface area contributed by atoms with Gasteiger partial charge in [0.1, 0.15) is 4.90 Å². The number of nitrogens with zero attached hydrogens (tertiary/aromatic N) is 3. The summed E-state index contributed by atoms with van der Waals surface area (Å²) < 4.78 is 66.0. The quantitative estimate of drug-likeness (QED) is 0.746. The highest BCUT2D eigenvalue weighted by molar-refractivity contribution is 7.89. The van der Waals surface area contributed by atoms with Crippen molar-refractivity contribution in [3.05, 3.63) is 24.5 Å². The Kier molecular flexibility index (Phi) is 5.43. The molecule has 7 nitrogen and oxygen atoms in total. The molecule has 28 heavy (non-hydrogen) atoms. The maximum absolute atomic E-state index is 13.5. The molecule has 4 rings (SSSR count). The fourth-order valence-corrected chi connectivity index (χ4v) is 5.67. The Morgan fingerprint density at radius 3 is 2.50 bits per heavy atom. The average molecular weight is 417 g/mol. The van der Waals surface area contributed by atoms with Crippen molar-refractivity contribution in [3.63, 3.8) is 0 Å². The van der Waals surface area contributed by atoms with Crippen molar-refractivity contribution in [2.75, 3.05) is 39.4 Å². The molecule has 3 aliphatic rings. The molecule has 1 saturated carbocycles. The summed E-state index contributed by atoms with van der Waals surface area (Å²) in [5, 5.41) is 0. The molecule has 0 aromatic carbocycles. The number of alkyl halides is 2. The SMILES string of the molecule is O=S(=O)(c1cccnc1)N1CCOC2(CN(C3CCC(F)(F)CC3)CCO2)C1. The molecule has 0 amide bonds. The smallest absolute Gasteiger partial charge is 0.248 e. The summed E-state index contributed by atoms with van der Waals surface area (Å²) in [4.78, 5) is 6.15. The van der Waals surface area contributed by atoms with Gasteiger partial charge in [-0.05, 0) is 25.0 Å². The first-order chi connectivity index (χ1) is 13.3. The number of morpholine rings is 2. The lowest BCUT2D eigenvalue weighted by Crippen LogP contribution is -2.64. The molecule has 3 heterocycles. The van der Waals surface area contributed by atoms with E-state index < -0.39 is 21.7 Å². The van der Waals surface area contributed by atoms with E-state index in [0.29, 0.717) is 32.5 Å². The second-order valence-corrected chi connectivity index (χ2v) is 9.63. The van der Waals surface area contributed by atoms with Gasteiger partial charge in [-0.1, -0.05) is 0 Å². The standard InChI is InChI=1S/C18H25F2N3O4S/c19-17(20)5-3-15(4-6-17)22-8-10-26-18(13-22)14-23(9-11-27-18)28(24,25)16-2-1-7-21-12-16/h1-2,7,12,15H,3-6,8-11,13-14H2. The normalized spacial score (nSPS) is 30.5. The zero-order valence-electron chi connectivity index (χ0n) is 15.6. The van der Waals surface area contributed by atoms with E-state index in [1.54, 1.807) is 6.07 Å². The van der Waals surface area contributed by atoms with Crippen molar-refractivity contribution in [2.24, 2.45) is 0 Å². The molecule has 156 valence electrons. The third-order valence-corrected chi connectivity index (χ3v) is 7.61. The van der Waals surface area contributed by atoms with Crippen LogP contribution in [0.4, 0.5) is 8.78 Å². The lowest BCUT2D eigenvalue weighted by atomic mass is 9.90. The Bertz CT molecular complexity index is 781. The molecule has 3 fully saturated rings. The van der Waals surface area contributed by atoms with Gasteiger partial charge in [0.05, 0.1) is 26.3 Å². The van der Waals surface area contributed by atoms with Crippen molar-refractivity contribution in [3.8, 4) is 0 Å². The fraction of sp³-hybridized carbons (Fsp3) is 0.722. The van der Waals surface area contributed by atoms with Crippen molar-refractivity contribution in [2.45, 2.75) is 48.3 Å². The van der Waals surface area contributed by atoms with Crippen LogP contribution in [0.3, 0.4) is 0 Å². The molecule has 1 aromatic rings. The maximum Gasteiger partial charge on any atom is 0.248 e. The maximum atomic E-state index is 13.5. The van der Waals surface area contributed by atoms with Crippen LogP contribution >= 0.6 is 0 Å². The van der Waals surface area contributed by atoms with Gasteiger partial charge in [0, 0.05) is 44.4 Å². The molecule has 1 atom stereocenters. The summed E-state index contributed by atoms with van der Waals surface area (Å²) >= 11 is 0. The van der Waals surface area contributed by atoms with E-state index in [9.17, 15) is 17.2 Å². The van der Waals surface area contributed by atoms with Gasteiger partial charge in [-0.2, -0.15) is 4.31 Å². The number of pyridine rings is 1. The first kappa shape index (κ1) is 20.1. The van der Waals surface area contributed by atoms with Gasteiger partial charge < -0.3 is 9.47 Å². The summed E-state index contributed by atoms with van der Waals surface area (Å²) in [6.45, 7) is 1.92. The number of hydrogen-bond donors (Lipinski definition) is 0. The number of halogens is 2. The third kappa shape index (κ3) is 4.06. The lowest BCUT2D eigenvalue weighted by molar-refractivity contribution is -0.288. The van der Waals surface area contributed by atoms with Crippen LogP contribution < -0.4 is 0 Å². The monoisotopic (exact) mass is 417 g/mol. The van der Waals surface area contributed by atoms with Gasteiger partial charge in [-0.15, -0.1) is 0 Å². The first-order valence-corrected chi connectivity index (χ1v) is 11.0. The van der Waals surface area contributed by atoms with E-state index in [-0.39, 0.29) is 43.5 Å². The zero-order valence-corrected chi connectivity index (χ0v) is 16.4. The highest BCUT2D eigenvalue weighted by Crippen LogP contribution is 2.37. The van der Waals surface area contributed by atoms with Crippen LogP contribution in [0.25, 0.3) is 0 Å². The molecule has 1 unspecified atom stereocenters. The van der Waals surface area contributed by atoms with Crippen LogP contribution in [0.2, 0.25) is 0 Å². The molecular weight excluding hydrogens is 392 g/mol. The van der Waals surface area contributed by atoms with Crippen LogP contribution in [-0.4, -0.2) is 79.8 Å². The van der Waals surface area contributed by atoms with E-state index in [4.69, 9.17) is 9.47 Å². The van der Waals surface area contributed by atoms with Crippen molar-refractivity contribution in [1.82, 2.24) is 14.2 Å². The minimum atomic E-state index is -3.70. The predicted molar refractivity (Wildman–Crippen MR) is 96.4 cm³/mol. The molecular formula is C18H25F2N3O4S. The lowest BCUT2D eigenvalue weighted by Gasteiger charge is -2.49. The van der Waals surface area contributed by atoms with Gasteiger partial charge in [0.15, 0.2) is 5.79 Å². The van der Waals surface area contributed by atoms with Crippen molar-refractivity contribution in [1.29, 1.82) is 0 Å². The molecule has 0 bridgehead atoms. The van der Waals surface area contributed by atoms with Gasteiger partial charge in [0.2, 0.25) is 15.9 Å². The number of sulfonamides is 1. The van der Waals surface area contributed by atoms with E-state index in [0.717, 1.165) is 0 Å². The Labute approximate surface area is 163 Å². The first-order valence-electron chi connectivity index (χ1n) is 9.60. The van der Waals surface area contributed by atoms with E-state index >= 15 is 0 Å². The largest absolute Gasteiger partial charge is 0.346 e. The summed E-state index contributed by atoms with van der Waals surface area (Å²) in [7, 11) is -3.70. The van der Waals surface area contributed by atoms with E-state index in [1.807, 2.05) is 0 Å². The Morgan fingerprint density at radius 1 is 1.11 bits per heavy atom. The molecule has 0 N–H and O–H groups in total. The summed E-state index contributed by atoms with van der Waals surface area (Å²) in [5.41, 5.74) is 0. The second kappa shape index (κ2) is 7.56. The molecule has 1 aromatic heterocycles. The Balaban J connectivity index is 1.47. The van der Waals surface area contributed by atoms with Crippen LogP contribution in [0.15, 0.2) is 29.4 Å². The molecule has 2 saturated heterocycles. The number of rotatable bonds is 3. The zero-order chi connectivity index (χ0) is 19.8. The number of aromatic nitrogens is 1. The molecule has 10 heteroatoms. The summed E-state index contributed by atoms with van der Waals surface area (Å²) in [6.07, 6.45) is 3.50. The van der Waals surface area contributed by atoms with Gasteiger partial charge in [0.25, 0.3) is 0 Å². The van der Waals surface area contributed by atoms with Crippen molar-refractivity contribution < 1.29 is 26.7 Å². The van der Waals surface area contributed by atoms with Gasteiger partial charge in [-0.25, -0.2) is 17.2 Å². The molecule has 1 aliphatic carbocycles. The van der Waals surface area contributed by atoms with Crippen LogP contribution in [0, 0.1) is 0 Å². The van der Waals surface area contributed by atoms with Crippen LogP contribution in [0.1, 0.15) is 25.7 Å². The van der Waals surface area contributed by atoms with E-state index in [1.165, 1.54) is 22.8 Å².